The molecule has 0 saturated heterocycles. The van der Waals surface area contributed by atoms with E-state index in [0.717, 1.165) is 21.7 Å². The third-order valence-electron chi connectivity index (χ3n) is 2.16. The average molecular weight is 215 g/mol. The molecule has 2 rings (SSSR count). The monoisotopic (exact) mass is 215 g/mol. The third-order valence-corrected chi connectivity index (χ3v) is 3.25. The first-order chi connectivity index (χ1) is 7.22. The summed E-state index contributed by atoms with van der Waals surface area (Å²) in [6.45, 7) is 3.93. The fourth-order valence-corrected chi connectivity index (χ4v) is 2.38. The van der Waals surface area contributed by atoms with Crippen LogP contribution in [-0.2, 0) is 0 Å². The summed E-state index contributed by atoms with van der Waals surface area (Å²) in [5, 5.41) is 9.29. The summed E-state index contributed by atoms with van der Waals surface area (Å²) in [7, 11) is 0. The third kappa shape index (κ3) is 1.74. The second-order valence-electron chi connectivity index (χ2n) is 3.24. The van der Waals surface area contributed by atoms with E-state index in [1.165, 1.54) is 11.3 Å². The molecule has 0 aliphatic heterocycles. The van der Waals surface area contributed by atoms with E-state index < -0.39 is 0 Å². The Morgan fingerprint density at radius 1 is 1.40 bits per heavy atom. The Morgan fingerprint density at radius 3 is 2.80 bits per heavy atom. The van der Waals surface area contributed by atoms with E-state index in [-0.39, 0.29) is 0 Å². The van der Waals surface area contributed by atoms with Gasteiger partial charge in [-0.3, -0.25) is 4.98 Å². The van der Waals surface area contributed by atoms with Crippen LogP contribution in [-0.4, -0.2) is 9.97 Å². The van der Waals surface area contributed by atoms with E-state index in [2.05, 4.69) is 16.0 Å². The van der Waals surface area contributed by atoms with Crippen LogP contribution in [0.3, 0.4) is 0 Å². The average Bonchev–Trinajstić information content (AvgIpc) is 2.60. The number of rotatable bonds is 1. The van der Waals surface area contributed by atoms with E-state index in [1.54, 1.807) is 6.20 Å². The number of nitriles is 1. The van der Waals surface area contributed by atoms with Crippen molar-refractivity contribution in [2.24, 2.45) is 0 Å². The van der Waals surface area contributed by atoms with Crippen molar-refractivity contribution in [1.82, 2.24) is 9.97 Å². The van der Waals surface area contributed by atoms with Gasteiger partial charge in [-0.05, 0) is 31.0 Å². The van der Waals surface area contributed by atoms with Crippen LogP contribution in [0, 0.1) is 25.2 Å². The van der Waals surface area contributed by atoms with Crippen molar-refractivity contribution < 1.29 is 0 Å². The Hall–Kier alpha value is -1.73. The molecular formula is C11H9N3S. The first-order valence-corrected chi connectivity index (χ1v) is 5.32. The predicted molar refractivity (Wildman–Crippen MR) is 59.5 cm³/mol. The van der Waals surface area contributed by atoms with Gasteiger partial charge in [0.2, 0.25) is 0 Å². The Bertz CT molecular complexity index is 537. The summed E-state index contributed by atoms with van der Waals surface area (Å²) in [6, 6.07) is 4.02. The molecule has 0 amide bonds. The maximum atomic E-state index is 8.78. The zero-order valence-corrected chi connectivity index (χ0v) is 9.30. The lowest BCUT2D eigenvalue weighted by molar-refractivity contribution is 1.22. The largest absolute Gasteiger partial charge is 0.264 e. The molecule has 0 aliphatic rings. The quantitative estimate of drug-likeness (QED) is 0.734. The molecular weight excluding hydrogens is 206 g/mol. The first kappa shape index (κ1) is 9.81. The molecule has 0 bridgehead atoms. The molecule has 15 heavy (non-hydrogen) atoms. The van der Waals surface area contributed by atoms with Gasteiger partial charge in [-0.2, -0.15) is 5.26 Å². The fraction of sp³-hybridized carbons (Fsp3) is 0.182. The minimum absolute atomic E-state index is 0.513. The lowest BCUT2D eigenvalue weighted by Crippen LogP contribution is -1.83. The van der Waals surface area contributed by atoms with Crippen LogP contribution in [0.5, 0.6) is 0 Å². The molecule has 0 aliphatic carbocycles. The molecule has 0 spiro atoms. The van der Waals surface area contributed by atoms with Crippen LogP contribution in [0.1, 0.15) is 16.3 Å². The van der Waals surface area contributed by atoms with E-state index in [4.69, 9.17) is 5.26 Å². The standard InChI is InChI=1S/C11H9N3S/c1-7-6-13-4-3-9(7)11-8(2)14-10(5-12)15-11/h3-4,6H,1-2H3. The zero-order chi connectivity index (χ0) is 10.8. The van der Waals surface area contributed by atoms with Gasteiger partial charge in [-0.15, -0.1) is 11.3 Å². The van der Waals surface area contributed by atoms with Crippen LogP contribution < -0.4 is 0 Å². The molecule has 2 aromatic rings. The summed E-state index contributed by atoms with van der Waals surface area (Å²) in [6.07, 6.45) is 3.58. The number of hydrogen-bond acceptors (Lipinski definition) is 4. The number of aryl methyl sites for hydroxylation is 2. The topological polar surface area (TPSA) is 49.6 Å². The highest BCUT2D eigenvalue weighted by Gasteiger charge is 2.10. The van der Waals surface area contributed by atoms with Crippen molar-refractivity contribution in [3.63, 3.8) is 0 Å². The predicted octanol–water partition coefficient (Wildman–Crippen LogP) is 2.69. The second kappa shape index (κ2) is 3.79. The van der Waals surface area contributed by atoms with Gasteiger partial charge < -0.3 is 0 Å². The van der Waals surface area contributed by atoms with Gasteiger partial charge in [-0.1, -0.05) is 0 Å². The van der Waals surface area contributed by atoms with Gasteiger partial charge in [0.25, 0.3) is 0 Å². The van der Waals surface area contributed by atoms with Gasteiger partial charge >= 0.3 is 0 Å². The van der Waals surface area contributed by atoms with Crippen molar-refractivity contribution in [2.75, 3.05) is 0 Å². The molecule has 2 aromatic heterocycles. The SMILES string of the molecule is Cc1cnccc1-c1sc(C#N)nc1C. The summed E-state index contributed by atoms with van der Waals surface area (Å²) in [5.74, 6) is 0. The minimum Gasteiger partial charge on any atom is -0.264 e. The Balaban J connectivity index is 2.60. The molecule has 0 unspecified atom stereocenters. The maximum Gasteiger partial charge on any atom is 0.195 e. The molecule has 2 heterocycles. The zero-order valence-electron chi connectivity index (χ0n) is 8.48. The van der Waals surface area contributed by atoms with Crippen LogP contribution >= 0.6 is 11.3 Å². The molecule has 74 valence electrons. The molecule has 0 N–H and O–H groups in total. The second-order valence-corrected chi connectivity index (χ2v) is 4.24. The highest BCUT2D eigenvalue weighted by Crippen LogP contribution is 2.31. The lowest BCUT2D eigenvalue weighted by Gasteiger charge is -2.01. The van der Waals surface area contributed by atoms with Crippen molar-refractivity contribution in [3.05, 3.63) is 34.7 Å². The Morgan fingerprint density at radius 2 is 2.20 bits per heavy atom. The van der Waals surface area contributed by atoms with Gasteiger partial charge in [-0.25, -0.2) is 4.98 Å². The van der Waals surface area contributed by atoms with E-state index in [1.807, 2.05) is 26.1 Å². The van der Waals surface area contributed by atoms with E-state index in [0.29, 0.717) is 5.01 Å². The van der Waals surface area contributed by atoms with Crippen molar-refractivity contribution in [3.8, 4) is 16.5 Å². The summed E-state index contributed by atoms with van der Waals surface area (Å²) >= 11 is 1.43. The minimum atomic E-state index is 0.513. The first-order valence-electron chi connectivity index (χ1n) is 4.51. The number of pyridine rings is 1. The number of nitrogens with zero attached hydrogens (tertiary/aromatic N) is 3. The molecule has 3 nitrogen and oxygen atoms in total. The van der Waals surface area contributed by atoms with Gasteiger partial charge in [0, 0.05) is 12.4 Å². The summed E-state index contributed by atoms with van der Waals surface area (Å²) in [4.78, 5) is 9.29. The van der Waals surface area contributed by atoms with Crippen LogP contribution in [0.4, 0.5) is 0 Å². The van der Waals surface area contributed by atoms with Crippen LogP contribution in [0.2, 0.25) is 0 Å². The fourth-order valence-electron chi connectivity index (χ4n) is 1.42. The van der Waals surface area contributed by atoms with Crippen LogP contribution in [0.25, 0.3) is 10.4 Å². The van der Waals surface area contributed by atoms with E-state index >= 15 is 0 Å². The molecule has 0 fully saturated rings. The van der Waals surface area contributed by atoms with Crippen molar-refractivity contribution in [1.29, 1.82) is 5.26 Å². The highest BCUT2D eigenvalue weighted by molar-refractivity contribution is 7.15. The van der Waals surface area contributed by atoms with Gasteiger partial charge in [0.15, 0.2) is 5.01 Å². The summed E-state index contributed by atoms with van der Waals surface area (Å²) in [5.41, 5.74) is 3.13. The number of hydrogen-bond donors (Lipinski definition) is 0. The van der Waals surface area contributed by atoms with Crippen molar-refractivity contribution in [2.45, 2.75) is 13.8 Å². The molecule has 0 aromatic carbocycles. The maximum absolute atomic E-state index is 8.78. The molecule has 0 atom stereocenters. The van der Waals surface area contributed by atoms with Gasteiger partial charge in [0.05, 0.1) is 10.6 Å². The van der Waals surface area contributed by atoms with Crippen LogP contribution in [0.15, 0.2) is 18.5 Å². The Labute approximate surface area is 92.1 Å². The Kier molecular flexibility index (Phi) is 2.48. The normalized spacial score (nSPS) is 9.93. The number of thiazole rings is 1. The lowest BCUT2D eigenvalue weighted by atomic mass is 10.1. The molecule has 4 heteroatoms. The van der Waals surface area contributed by atoms with Gasteiger partial charge in [0.1, 0.15) is 6.07 Å². The smallest absolute Gasteiger partial charge is 0.195 e. The molecule has 0 radical (unpaired) electrons. The highest BCUT2D eigenvalue weighted by atomic mass is 32.1. The van der Waals surface area contributed by atoms with E-state index in [9.17, 15) is 0 Å². The van der Waals surface area contributed by atoms with Crippen molar-refractivity contribution >= 4 is 11.3 Å². The summed E-state index contributed by atoms with van der Waals surface area (Å²) < 4.78 is 0. The number of aromatic nitrogens is 2. The molecule has 0 saturated carbocycles.